The zero-order valence-corrected chi connectivity index (χ0v) is 14.8. The van der Waals surface area contributed by atoms with Crippen LogP contribution in [-0.2, 0) is 19.2 Å². The van der Waals surface area contributed by atoms with Gasteiger partial charge in [-0.3, -0.25) is 4.79 Å². The second-order valence-corrected chi connectivity index (χ2v) is 7.01. The number of benzene rings is 1. The van der Waals surface area contributed by atoms with Crippen molar-refractivity contribution in [3.63, 3.8) is 0 Å². The van der Waals surface area contributed by atoms with Crippen molar-refractivity contribution in [3.05, 3.63) is 65.9 Å². The summed E-state index contributed by atoms with van der Waals surface area (Å²) in [4.78, 5) is 19.0. The third-order valence-electron chi connectivity index (χ3n) is 4.35. The van der Waals surface area contributed by atoms with E-state index in [0.717, 1.165) is 36.0 Å². The van der Waals surface area contributed by atoms with E-state index in [2.05, 4.69) is 11.1 Å². The molecule has 0 saturated heterocycles. The molecule has 0 unspecified atom stereocenters. The number of aromatic nitrogens is 2. The van der Waals surface area contributed by atoms with Crippen molar-refractivity contribution in [3.8, 4) is 0 Å². The molecular formula is C19H19N3O2S. The molecule has 6 heteroatoms. The summed E-state index contributed by atoms with van der Waals surface area (Å²) in [5.74, 6) is 1.75. The Hall–Kier alpha value is -2.47. The Balaban J connectivity index is 1.49. The number of aryl methyl sites for hydroxylation is 2. The Morgan fingerprint density at radius 2 is 2.16 bits per heavy atom. The standard InChI is InChI=1S/C19H19N3O2S/c1-21-12-10-20-19(21)25-13-15-8-9-17(24-15)18(23)22-11-4-6-14-5-2-3-7-16(14)22/h2-3,5,7-10,12H,4,6,11,13H2,1H3. The van der Waals surface area contributed by atoms with Gasteiger partial charge in [-0.15, -0.1) is 0 Å². The van der Waals surface area contributed by atoms with Gasteiger partial charge in [0, 0.05) is 31.7 Å². The van der Waals surface area contributed by atoms with Crippen molar-refractivity contribution >= 4 is 23.4 Å². The third-order valence-corrected chi connectivity index (χ3v) is 5.43. The molecule has 1 aliphatic rings. The van der Waals surface area contributed by atoms with Gasteiger partial charge < -0.3 is 13.9 Å². The first kappa shape index (κ1) is 16.0. The largest absolute Gasteiger partial charge is 0.455 e. The first-order chi connectivity index (χ1) is 12.2. The molecule has 0 radical (unpaired) electrons. The van der Waals surface area contributed by atoms with Gasteiger partial charge in [0.25, 0.3) is 5.91 Å². The fourth-order valence-electron chi connectivity index (χ4n) is 3.07. The minimum atomic E-state index is -0.0691. The van der Waals surface area contributed by atoms with E-state index < -0.39 is 0 Å². The predicted octanol–water partition coefficient (Wildman–Crippen LogP) is 3.90. The normalized spacial score (nSPS) is 13.7. The summed E-state index contributed by atoms with van der Waals surface area (Å²) in [6, 6.07) is 11.7. The molecule has 1 aromatic carbocycles. The molecule has 3 heterocycles. The number of rotatable bonds is 4. The summed E-state index contributed by atoms with van der Waals surface area (Å²) in [5, 5.41) is 0.925. The second kappa shape index (κ2) is 6.80. The number of thioether (sulfide) groups is 1. The lowest BCUT2D eigenvalue weighted by Crippen LogP contribution is -2.35. The summed E-state index contributed by atoms with van der Waals surface area (Å²) in [7, 11) is 1.96. The number of carbonyl (C=O) groups is 1. The van der Waals surface area contributed by atoms with Crippen LogP contribution in [0.5, 0.6) is 0 Å². The van der Waals surface area contributed by atoms with Gasteiger partial charge in [0.1, 0.15) is 5.76 Å². The summed E-state index contributed by atoms with van der Waals surface area (Å²) in [6.45, 7) is 0.730. The zero-order chi connectivity index (χ0) is 17.2. The van der Waals surface area contributed by atoms with E-state index in [1.807, 2.05) is 47.0 Å². The first-order valence-electron chi connectivity index (χ1n) is 8.31. The van der Waals surface area contributed by atoms with E-state index in [4.69, 9.17) is 4.42 Å². The first-order valence-corrected chi connectivity index (χ1v) is 9.29. The number of carbonyl (C=O) groups excluding carboxylic acids is 1. The van der Waals surface area contributed by atoms with Crippen LogP contribution in [0.1, 0.15) is 28.3 Å². The summed E-state index contributed by atoms with van der Waals surface area (Å²) < 4.78 is 7.77. The van der Waals surface area contributed by atoms with E-state index in [-0.39, 0.29) is 5.91 Å². The SMILES string of the molecule is Cn1ccnc1SCc1ccc(C(=O)N2CCCc3ccccc32)o1. The van der Waals surface area contributed by atoms with E-state index in [0.29, 0.717) is 11.5 Å². The molecule has 25 heavy (non-hydrogen) atoms. The highest BCUT2D eigenvalue weighted by Crippen LogP contribution is 2.29. The van der Waals surface area contributed by atoms with Crippen LogP contribution >= 0.6 is 11.8 Å². The number of para-hydroxylation sites is 1. The van der Waals surface area contributed by atoms with Gasteiger partial charge in [-0.25, -0.2) is 4.98 Å². The highest BCUT2D eigenvalue weighted by atomic mass is 32.2. The van der Waals surface area contributed by atoms with Gasteiger partial charge >= 0.3 is 0 Å². The third kappa shape index (κ3) is 3.22. The molecule has 1 amide bonds. The smallest absolute Gasteiger partial charge is 0.293 e. The average molecular weight is 353 g/mol. The van der Waals surface area contributed by atoms with Gasteiger partial charge in [0.15, 0.2) is 10.9 Å². The molecule has 0 bridgehead atoms. The van der Waals surface area contributed by atoms with Crippen LogP contribution in [-0.4, -0.2) is 22.0 Å². The fraction of sp³-hybridized carbons (Fsp3) is 0.263. The molecule has 0 aliphatic carbocycles. The van der Waals surface area contributed by atoms with Crippen LogP contribution in [0.4, 0.5) is 5.69 Å². The number of hydrogen-bond donors (Lipinski definition) is 0. The molecule has 4 rings (SSSR count). The predicted molar refractivity (Wildman–Crippen MR) is 97.9 cm³/mol. The molecule has 0 atom stereocenters. The zero-order valence-electron chi connectivity index (χ0n) is 14.0. The fourth-order valence-corrected chi connectivity index (χ4v) is 3.90. The second-order valence-electron chi connectivity index (χ2n) is 6.06. The number of furan rings is 1. The van der Waals surface area contributed by atoms with E-state index >= 15 is 0 Å². The monoisotopic (exact) mass is 353 g/mol. The minimum Gasteiger partial charge on any atom is -0.455 e. The summed E-state index contributed by atoms with van der Waals surface area (Å²) >= 11 is 1.59. The maximum atomic E-state index is 12.9. The number of amides is 1. The van der Waals surface area contributed by atoms with Crippen molar-refractivity contribution in [2.75, 3.05) is 11.4 Å². The summed E-state index contributed by atoms with van der Waals surface area (Å²) in [6.07, 6.45) is 5.68. The lowest BCUT2D eigenvalue weighted by Gasteiger charge is -2.28. The molecule has 3 aromatic rings. The van der Waals surface area contributed by atoms with E-state index in [1.54, 1.807) is 24.0 Å². The lowest BCUT2D eigenvalue weighted by molar-refractivity contribution is 0.0957. The molecule has 0 fully saturated rings. The molecule has 5 nitrogen and oxygen atoms in total. The molecular weight excluding hydrogens is 334 g/mol. The highest BCUT2D eigenvalue weighted by Gasteiger charge is 2.25. The maximum absolute atomic E-state index is 12.9. The van der Waals surface area contributed by atoms with Crippen molar-refractivity contribution in [2.45, 2.75) is 23.8 Å². The molecule has 2 aromatic heterocycles. The van der Waals surface area contributed by atoms with Crippen molar-refractivity contribution < 1.29 is 9.21 Å². The molecule has 0 saturated carbocycles. The molecule has 0 N–H and O–H groups in total. The van der Waals surface area contributed by atoms with Gasteiger partial charge in [-0.2, -0.15) is 0 Å². The van der Waals surface area contributed by atoms with Crippen molar-refractivity contribution in [1.82, 2.24) is 9.55 Å². The Morgan fingerprint density at radius 3 is 3.00 bits per heavy atom. The van der Waals surface area contributed by atoms with Crippen LogP contribution in [0.2, 0.25) is 0 Å². The van der Waals surface area contributed by atoms with Gasteiger partial charge in [-0.1, -0.05) is 30.0 Å². The Labute approximate surface area is 150 Å². The summed E-state index contributed by atoms with van der Waals surface area (Å²) in [5.41, 5.74) is 2.22. The Morgan fingerprint density at radius 1 is 1.28 bits per heavy atom. The van der Waals surface area contributed by atoms with Crippen LogP contribution in [0.25, 0.3) is 0 Å². The van der Waals surface area contributed by atoms with Crippen LogP contribution in [0, 0.1) is 0 Å². The van der Waals surface area contributed by atoms with E-state index in [1.165, 1.54) is 5.56 Å². The van der Waals surface area contributed by atoms with Crippen LogP contribution in [0.15, 0.2) is 58.4 Å². The lowest BCUT2D eigenvalue weighted by atomic mass is 10.0. The number of hydrogen-bond acceptors (Lipinski definition) is 4. The number of nitrogens with zero attached hydrogens (tertiary/aromatic N) is 3. The number of fused-ring (bicyclic) bond motifs is 1. The highest BCUT2D eigenvalue weighted by molar-refractivity contribution is 7.98. The number of imidazole rings is 1. The van der Waals surface area contributed by atoms with Gasteiger partial charge in [0.05, 0.1) is 5.75 Å². The number of anilines is 1. The van der Waals surface area contributed by atoms with Gasteiger partial charge in [0.2, 0.25) is 0 Å². The van der Waals surface area contributed by atoms with Crippen LogP contribution in [0.3, 0.4) is 0 Å². The van der Waals surface area contributed by atoms with Crippen molar-refractivity contribution in [2.24, 2.45) is 7.05 Å². The van der Waals surface area contributed by atoms with Gasteiger partial charge in [-0.05, 0) is 36.6 Å². The molecule has 128 valence electrons. The molecule has 1 aliphatic heterocycles. The van der Waals surface area contributed by atoms with E-state index in [9.17, 15) is 4.79 Å². The quantitative estimate of drug-likeness (QED) is 0.668. The molecule has 0 spiro atoms. The maximum Gasteiger partial charge on any atom is 0.293 e. The minimum absolute atomic E-state index is 0.0691. The Bertz CT molecular complexity index is 899. The van der Waals surface area contributed by atoms with Crippen LogP contribution < -0.4 is 4.90 Å². The van der Waals surface area contributed by atoms with Crippen molar-refractivity contribution in [1.29, 1.82) is 0 Å². The topological polar surface area (TPSA) is 51.3 Å². The Kier molecular flexibility index (Phi) is 4.36. The average Bonchev–Trinajstić information content (AvgIpc) is 3.28.